The molecule has 0 radical (unpaired) electrons. The molecule has 0 aliphatic carbocycles. The number of halogens is 2. The Kier molecular flexibility index (Phi) is 7.87. The molecule has 1 aromatic carbocycles. The number of hydrogen-bond donors (Lipinski definition) is 1. The van der Waals surface area contributed by atoms with Crippen LogP contribution in [0.1, 0.15) is 32.4 Å². The summed E-state index contributed by atoms with van der Waals surface area (Å²) in [6, 6.07) is 8.25. The zero-order chi connectivity index (χ0) is 30.4. The van der Waals surface area contributed by atoms with Crippen LogP contribution in [0.2, 0.25) is 5.02 Å². The molecule has 9 nitrogen and oxygen atoms in total. The Balaban J connectivity index is 1.68. The van der Waals surface area contributed by atoms with Gasteiger partial charge in [-0.1, -0.05) is 38.1 Å². The van der Waals surface area contributed by atoms with Crippen LogP contribution in [0, 0.1) is 5.82 Å². The second-order valence-electron chi connectivity index (χ2n) is 10.9. The maximum atomic E-state index is 15.5. The van der Waals surface area contributed by atoms with Gasteiger partial charge in [-0.3, -0.25) is 9.78 Å². The molecule has 12 heteroatoms. The van der Waals surface area contributed by atoms with Crippen LogP contribution in [0.3, 0.4) is 0 Å². The first-order chi connectivity index (χ1) is 20.7. The highest BCUT2D eigenvalue weighted by Crippen LogP contribution is 2.40. The Labute approximate surface area is 257 Å². The number of fused-ring (bicyclic) bond motifs is 5. The van der Waals surface area contributed by atoms with E-state index < -0.39 is 11.5 Å². The summed E-state index contributed by atoms with van der Waals surface area (Å²) in [5.74, 6) is 0.428. The van der Waals surface area contributed by atoms with E-state index in [1.807, 2.05) is 31.7 Å². The number of hydrogen-bond acceptors (Lipinski definition) is 8. The molecule has 1 N–H and O–H groups in total. The molecule has 0 saturated carbocycles. The van der Waals surface area contributed by atoms with Gasteiger partial charge in [0.1, 0.15) is 11.6 Å². The summed E-state index contributed by atoms with van der Waals surface area (Å²) in [5, 5.41) is 4.12. The number of benzene rings is 1. The summed E-state index contributed by atoms with van der Waals surface area (Å²) in [6.07, 6.45) is 3.06. The molecule has 1 amide bonds. The van der Waals surface area contributed by atoms with Crippen LogP contribution in [0.15, 0.2) is 58.9 Å². The first-order valence-electron chi connectivity index (χ1n) is 14.2. The van der Waals surface area contributed by atoms with E-state index in [0.717, 1.165) is 10.6 Å². The maximum Gasteiger partial charge on any atom is 0.355 e. The highest BCUT2D eigenvalue weighted by Gasteiger charge is 2.31. The van der Waals surface area contributed by atoms with Crippen LogP contribution in [0.5, 0.6) is 0 Å². The van der Waals surface area contributed by atoms with Gasteiger partial charge in [0.15, 0.2) is 5.65 Å². The number of carbonyl (C=O) groups excluding carboxylic acids is 1. The fourth-order valence-corrected chi connectivity index (χ4v) is 6.94. The second-order valence-corrected chi connectivity index (χ2v) is 12.5. The lowest BCUT2D eigenvalue weighted by atomic mass is 10.1. The van der Waals surface area contributed by atoms with Crippen molar-refractivity contribution < 1.29 is 9.18 Å². The molecule has 2 aliphatic rings. The van der Waals surface area contributed by atoms with Gasteiger partial charge in [0.2, 0.25) is 5.91 Å². The van der Waals surface area contributed by atoms with Gasteiger partial charge in [-0.2, -0.15) is 4.98 Å². The van der Waals surface area contributed by atoms with Crippen LogP contribution in [-0.4, -0.2) is 68.3 Å². The third-order valence-corrected chi connectivity index (χ3v) is 9.14. The minimum Gasteiger partial charge on any atom is -0.384 e. The minimum atomic E-state index is -0.527. The van der Waals surface area contributed by atoms with Gasteiger partial charge in [-0.15, -0.1) is 11.8 Å². The third kappa shape index (κ3) is 5.14. The third-order valence-electron chi connectivity index (χ3n) is 7.80. The van der Waals surface area contributed by atoms with Crippen molar-refractivity contribution in [3.8, 4) is 16.9 Å². The highest BCUT2D eigenvalue weighted by molar-refractivity contribution is 7.99. The second kappa shape index (κ2) is 11.6. The number of thioether (sulfide) groups is 1. The van der Waals surface area contributed by atoms with Crippen molar-refractivity contribution in [3.63, 3.8) is 0 Å². The summed E-state index contributed by atoms with van der Waals surface area (Å²) in [7, 11) is 0. The molecule has 43 heavy (non-hydrogen) atoms. The quantitative estimate of drug-likeness (QED) is 0.301. The lowest BCUT2D eigenvalue weighted by Crippen LogP contribution is -2.54. The van der Waals surface area contributed by atoms with Crippen LogP contribution in [0.4, 0.5) is 15.9 Å². The summed E-state index contributed by atoms with van der Waals surface area (Å²) in [5.41, 5.74) is 2.13. The lowest BCUT2D eigenvalue weighted by Gasteiger charge is -2.40. The number of anilines is 2. The van der Waals surface area contributed by atoms with E-state index in [1.165, 1.54) is 16.7 Å². The average Bonchev–Trinajstić information content (AvgIpc) is 2.98. The van der Waals surface area contributed by atoms with Crippen LogP contribution in [-0.2, 0) is 4.79 Å². The number of aromatic nitrogens is 4. The first kappa shape index (κ1) is 29.1. The topological polar surface area (TPSA) is 96.3 Å². The SMILES string of the molecule is C=CC(=O)N1CCN(c2nc(=O)n3c4nc(c(Cl)cc24)-c2c(F)cccc2NCCSc2ccnc(C(C)C)c2-3)[C@@H](C)C1. The molecule has 1 atom stereocenters. The van der Waals surface area contributed by atoms with Crippen molar-refractivity contribution in [2.24, 2.45) is 0 Å². The molecule has 4 aromatic rings. The predicted octanol–water partition coefficient (Wildman–Crippen LogP) is 5.50. The molecule has 1 fully saturated rings. The zero-order valence-electron chi connectivity index (χ0n) is 24.1. The van der Waals surface area contributed by atoms with E-state index in [4.69, 9.17) is 16.6 Å². The van der Waals surface area contributed by atoms with E-state index in [0.29, 0.717) is 60.2 Å². The number of nitrogens with zero attached hydrogens (tertiary/aromatic N) is 6. The molecule has 1 saturated heterocycles. The maximum absolute atomic E-state index is 15.5. The molecule has 0 unspecified atom stereocenters. The van der Waals surface area contributed by atoms with Gasteiger partial charge in [0.25, 0.3) is 0 Å². The fourth-order valence-electron chi connectivity index (χ4n) is 5.78. The molecule has 6 rings (SSSR count). The zero-order valence-corrected chi connectivity index (χ0v) is 25.7. The van der Waals surface area contributed by atoms with Crippen molar-refractivity contribution in [1.82, 2.24) is 24.4 Å². The van der Waals surface area contributed by atoms with Gasteiger partial charge < -0.3 is 15.1 Å². The number of nitrogens with one attached hydrogen (secondary N) is 1. The Hall–Kier alpha value is -3.96. The summed E-state index contributed by atoms with van der Waals surface area (Å²) >= 11 is 8.48. The molecular formula is C31H31ClFN7O2S. The van der Waals surface area contributed by atoms with E-state index in [2.05, 4.69) is 21.9 Å². The Bertz CT molecular complexity index is 1830. The largest absolute Gasteiger partial charge is 0.384 e. The monoisotopic (exact) mass is 619 g/mol. The Morgan fingerprint density at radius 3 is 2.81 bits per heavy atom. The molecular weight excluding hydrogens is 589 g/mol. The van der Waals surface area contributed by atoms with Crippen molar-refractivity contribution in [3.05, 3.63) is 76.2 Å². The molecule has 3 aromatic heterocycles. The van der Waals surface area contributed by atoms with Crippen LogP contribution in [0.25, 0.3) is 28.0 Å². The van der Waals surface area contributed by atoms with Gasteiger partial charge >= 0.3 is 5.69 Å². The molecule has 2 aliphatic heterocycles. The molecule has 0 spiro atoms. The highest BCUT2D eigenvalue weighted by atomic mass is 35.5. The van der Waals surface area contributed by atoms with E-state index in [9.17, 15) is 9.59 Å². The summed E-state index contributed by atoms with van der Waals surface area (Å²) in [4.78, 5) is 45.3. The first-order valence-corrected chi connectivity index (χ1v) is 15.5. The molecule has 5 heterocycles. The van der Waals surface area contributed by atoms with Gasteiger partial charge in [-0.25, -0.2) is 18.7 Å². The smallest absolute Gasteiger partial charge is 0.355 e. The van der Waals surface area contributed by atoms with Crippen molar-refractivity contribution in [2.75, 3.05) is 42.1 Å². The van der Waals surface area contributed by atoms with Gasteiger partial charge in [-0.05, 0) is 43.2 Å². The molecule has 222 valence electrons. The van der Waals surface area contributed by atoms with Crippen LogP contribution >= 0.6 is 23.4 Å². The summed E-state index contributed by atoms with van der Waals surface area (Å²) < 4.78 is 17.0. The Morgan fingerprint density at radius 1 is 1.26 bits per heavy atom. The van der Waals surface area contributed by atoms with E-state index in [-0.39, 0.29) is 34.1 Å². The standard InChI is InChI=1S/C31H31ClFN7O2S/c1-5-24(41)38-12-13-39(18(4)16-38)29-19-15-20(32)27-25-21(33)7-6-8-22(25)34-11-14-43-23-9-10-35-26(17(2)3)28(23)40(30(19)36-27)31(42)37-29/h5-10,15,17-18,34H,1,11-14,16H2,2-4H3/t18-/m0/s1. The number of pyridine rings is 2. The number of piperazine rings is 1. The minimum absolute atomic E-state index is 0.0105. The number of carbonyl (C=O) groups is 1. The Morgan fingerprint density at radius 2 is 2.07 bits per heavy atom. The lowest BCUT2D eigenvalue weighted by molar-refractivity contribution is -0.126. The summed E-state index contributed by atoms with van der Waals surface area (Å²) in [6.45, 7) is 11.5. The van der Waals surface area contributed by atoms with Gasteiger partial charge in [0.05, 0.1) is 33.0 Å². The van der Waals surface area contributed by atoms with Crippen molar-refractivity contribution in [2.45, 2.75) is 37.6 Å². The van der Waals surface area contributed by atoms with Crippen molar-refractivity contribution in [1.29, 1.82) is 0 Å². The fraction of sp³-hybridized carbons (Fsp3) is 0.323. The van der Waals surface area contributed by atoms with E-state index in [1.54, 1.807) is 41.1 Å². The van der Waals surface area contributed by atoms with Crippen LogP contribution < -0.4 is 15.9 Å². The van der Waals surface area contributed by atoms with Crippen molar-refractivity contribution >= 4 is 51.8 Å². The van der Waals surface area contributed by atoms with E-state index >= 15 is 4.39 Å². The number of amides is 1. The number of rotatable bonds is 3. The van der Waals surface area contributed by atoms with Gasteiger partial charge in [0, 0.05) is 54.8 Å². The normalized spacial score (nSPS) is 16.7. The molecule has 2 bridgehead atoms. The predicted molar refractivity (Wildman–Crippen MR) is 170 cm³/mol. The average molecular weight is 620 g/mol.